The van der Waals surface area contributed by atoms with Crippen LogP contribution in [-0.4, -0.2) is 35.6 Å². The minimum Gasteiger partial charge on any atom is -0.309 e. The van der Waals surface area contributed by atoms with E-state index < -0.39 is 0 Å². The lowest BCUT2D eigenvalue weighted by molar-refractivity contribution is 0.0225. The Bertz CT molecular complexity index is 235. The summed E-state index contributed by atoms with van der Waals surface area (Å²) in [4.78, 5) is 2.71. The van der Waals surface area contributed by atoms with Gasteiger partial charge in [-0.05, 0) is 52.5 Å². The van der Waals surface area contributed by atoms with Gasteiger partial charge in [0.05, 0.1) is 0 Å². The summed E-state index contributed by atoms with van der Waals surface area (Å²) in [6.07, 6.45) is 3.92. The van der Waals surface area contributed by atoms with Crippen LogP contribution in [-0.2, 0) is 0 Å². The normalized spacial score (nSPS) is 29.8. The van der Waals surface area contributed by atoms with E-state index in [2.05, 4.69) is 51.8 Å². The van der Waals surface area contributed by atoms with Gasteiger partial charge in [0.15, 0.2) is 0 Å². The Balaban J connectivity index is 2.56. The van der Waals surface area contributed by atoms with E-state index in [1.165, 1.54) is 32.4 Å². The summed E-state index contributed by atoms with van der Waals surface area (Å²) in [5.74, 6) is 0.832. The third-order valence-electron chi connectivity index (χ3n) is 4.27. The monoisotopic (exact) mass is 240 g/mol. The van der Waals surface area contributed by atoms with Crippen LogP contribution in [0.3, 0.4) is 0 Å². The summed E-state index contributed by atoms with van der Waals surface area (Å²) < 4.78 is 0. The van der Waals surface area contributed by atoms with Gasteiger partial charge in [-0.2, -0.15) is 0 Å². The lowest BCUT2D eigenvalue weighted by atomic mass is 9.87. The molecule has 2 heteroatoms. The zero-order valence-electron chi connectivity index (χ0n) is 12.8. The summed E-state index contributed by atoms with van der Waals surface area (Å²) in [7, 11) is 0. The molecule has 1 aliphatic rings. The molecule has 1 N–H and O–H groups in total. The van der Waals surface area contributed by atoms with E-state index in [-0.39, 0.29) is 5.54 Å². The number of nitrogens with one attached hydrogen (secondary N) is 1. The molecule has 1 heterocycles. The molecule has 0 aromatic carbocycles. The molecule has 0 aliphatic carbocycles. The van der Waals surface area contributed by atoms with Crippen LogP contribution in [0.15, 0.2) is 0 Å². The third kappa shape index (κ3) is 4.26. The van der Waals surface area contributed by atoms with Crippen LogP contribution in [0.1, 0.15) is 60.8 Å². The first-order chi connectivity index (χ1) is 7.79. The Hall–Kier alpha value is -0.0800. The predicted molar refractivity (Wildman–Crippen MR) is 76.4 cm³/mol. The highest BCUT2D eigenvalue weighted by Crippen LogP contribution is 2.27. The fraction of sp³-hybridized carbons (Fsp3) is 1.00. The van der Waals surface area contributed by atoms with Gasteiger partial charge >= 0.3 is 0 Å². The molecule has 1 saturated heterocycles. The van der Waals surface area contributed by atoms with Crippen molar-refractivity contribution in [2.24, 2.45) is 5.92 Å². The van der Waals surface area contributed by atoms with Crippen molar-refractivity contribution in [1.29, 1.82) is 0 Å². The SMILES string of the molecule is CCC1(C)CNC(C)(C)CN1CCCC(C)C. The van der Waals surface area contributed by atoms with Crippen molar-refractivity contribution in [3.8, 4) is 0 Å². The van der Waals surface area contributed by atoms with Crippen LogP contribution in [0, 0.1) is 5.92 Å². The van der Waals surface area contributed by atoms with Crippen molar-refractivity contribution < 1.29 is 0 Å². The molecule has 1 aliphatic heterocycles. The molecule has 1 atom stereocenters. The lowest BCUT2D eigenvalue weighted by Gasteiger charge is -2.51. The summed E-state index contributed by atoms with van der Waals surface area (Å²) in [6, 6.07) is 0. The molecule has 0 saturated carbocycles. The minimum absolute atomic E-state index is 0.270. The third-order valence-corrected chi connectivity index (χ3v) is 4.27. The lowest BCUT2D eigenvalue weighted by Crippen LogP contribution is -2.67. The molecule has 0 bridgehead atoms. The summed E-state index contributed by atoms with van der Waals surface area (Å²) in [5.41, 5.74) is 0.624. The van der Waals surface area contributed by atoms with Crippen LogP contribution in [0.4, 0.5) is 0 Å². The van der Waals surface area contributed by atoms with E-state index in [1.807, 2.05) is 0 Å². The van der Waals surface area contributed by atoms with Crippen LogP contribution in [0.25, 0.3) is 0 Å². The highest BCUT2D eigenvalue weighted by Gasteiger charge is 2.38. The van der Waals surface area contributed by atoms with Gasteiger partial charge < -0.3 is 5.32 Å². The molecule has 0 spiro atoms. The molecule has 0 aromatic heterocycles. The number of rotatable bonds is 5. The molecule has 0 aromatic rings. The summed E-state index contributed by atoms with van der Waals surface area (Å²) >= 11 is 0. The molecule has 0 radical (unpaired) electrons. The first-order valence-electron chi connectivity index (χ1n) is 7.29. The second-order valence-corrected chi connectivity index (χ2v) is 7.05. The maximum absolute atomic E-state index is 3.69. The molecule has 1 unspecified atom stereocenters. The Morgan fingerprint density at radius 1 is 1.24 bits per heavy atom. The predicted octanol–water partition coefficient (Wildman–Crippen LogP) is 3.28. The zero-order chi connectivity index (χ0) is 13.1. The van der Waals surface area contributed by atoms with E-state index >= 15 is 0 Å². The maximum atomic E-state index is 3.69. The van der Waals surface area contributed by atoms with E-state index in [1.54, 1.807) is 0 Å². The summed E-state index contributed by atoms with van der Waals surface area (Å²) in [5, 5.41) is 3.69. The second-order valence-electron chi connectivity index (χ2n) is 7.05. The number of hydrogen-bond acceptors (Lipinski definition) is 2. The number of piperazine rings is 1. The van der Waals surface area contributed by atoms with Crippen LogP contribution < -0.4 is 5.32 Å². The Kier molecular flexibility index (Phi) is 5.03. The first-order valence-corrected chi connectivity index (χ1v) is 7.29. The van der Waals surface area contributed by atoms with Crippen molar-refractivity contribution in [2.45, 2.75) is 71.9 Å². The van der Waals surface area contributed by atoms with Crippen molar-refractivity contribution in [1.82, 2.24) is 10.2 Å². The molecule has 17 heavy (non-hydrogen) atoms. The second kappa shape index (κ2) is 5.71. The maximum Gasteiger partial charge on any atom is 0.0304 e. The zero-order valence-corrected chi connectivity index (χ0v) is 12.8. The Morgan fingerprint density at radius 2 is 1.88 bits per heavy atom. The Labute approximate surface area is 108 Å². The van der Waals surface area contributed by atoms with Crippen molar-refractivity contribution in [3.05, 3.63) is 0 Å². The van der Waals surface area contributed by atoms with Crippen LogP contribution in [0.2, 0.25) is 0 Å². The Morgan fingerprint density at radius 3 is 2.41 bits per heavy atom. The molecule has 1 rings (SSSR count). The molecule has 2 nitrogen and oxygen atoms in total. The average molecular weight is 240 g/mol. The van der Waals surface area contributed by atoms with Gasteiger partial charge in [-0.3, -0.25) is 4.90 Å². The minimum atomic E-state index is 0.270. The van der Waals surface area contributed by atoms with Crippen LogP contribution in [0.5, 0.6) is 0 Å². The van der Waals surface area contributed by atoms with E-state index in [4.69, 9.17) is 0 Å². The topological polar surface area (TPSA) is 15.3 Å². The average Bonchev–Trinajstić information content (AvgIpc) is 2.23. The van der Waals surface area contributed by atoms with E-state index in [9.17, 15) is 0 Å². The smallest absolute Gasteiger partial charge is 0.0304 e. The van der Waals surface area contributed by atoms with Crippen molar-refractivity contribution >= 4 is 0 Å². The van der Waals surface area contributed by atoms with Gasteiger partial charge in [-0.15, -0.1) is 0 Å². The highest BCUT2D eigenvalue weighted by molar-refractivity contribution is 4.99. The van der Waals surface area contributed by atoms with Gasteiger partial charge in [-0.1, -0.05) is 20.8 Å². The first kappa shape index (κ1) is 15.0. The van der Waals surface area contributed by atoms with E-state index in [0.29, 0.717) is 5.54 Å². The molecule has 1 fully saturated rings. The van der Waals surface area contributed by atoms with Crippen molar-refractivity contribution in [3.63, 3.8) is 0 Å². The summed E-state index contributed by atoms with van der Waals surface area (Å²) in [6.45, 7) is 17.6. The van der Waals surface area contributed by atoms with Crippen molar-refractivity contribution in [2.75, 3.05) is 19.6 Å². The van der Waals surface area contributed by atoms with Gasteiger partial charge in [0, 0.05) is 24.2 Å². The van der Waals surface area contributed by atoms with Gasteiger partial charge in [0.25, 0.3) is 0 Å². The van der Waals surface area contributed by atoms with Gasteiger partial charge in [-0.25, -0.2) is 0 Å². The molecule has 0 amide bonds. The van der Waals surface area contributed by atoms with Crippen LogP contribution >= 0.6 is 0 Å². The largest absolute Gasteiger partial charge is 0.309 e. The number of nitrogens with zero attached hydrogens (tertiary/aromatic N) is 1. The standard InChI is InChI=1S/C15H32N2/c1-7-15(6)11-16-14(4,5)12-17(15)10-8-9-13(2)3/h13,16H,7-12H2,1-6H3. The fourth-order valence-electron chi connectivity index (χ4n) is 2.65. The van der Waals surface area contributed by atoms with Gasteiger partial charge in [0.1, 0.15) is 0 Å². The molecule has 102 valence electrons. The fourth-order valence-corrected chi connectivity index (χ4v) is 2.65. The van der Waals surface area contributed by atoms with E-state index in [0.717, 1.165) is 12.5 Å². The highest BCUT2D eigenvalue weighted by atomic mass is 15.3. The quantitative estimate of drug-likeness (QED) is 0.793. The van der Waals surface area contributed by atoms with Gasteiger partial charge in [0.2, 0.25) is 0 Å². The molecular weight excluding hydrogens is 208 g/mol. The molecular formula is C15H32N2. The number of hydrogen-bond donors (Lipinski definition) is 1.